The van der Waals surface area contributed by atoms with Gasteiger partial charge in [-0.25, -0.2) is 0 Å². The molecule has 1 nitrogen and oxygen atoms in total. The summed E-state index contributed by atoms with van der Waals surface area (Å²) >= 11 is 0. The molecule has 0 heterocycles. The SMILES string of the molecule is C=C(C)CCCN(C)C(C)(C)C. The zero-order valence-corrected chi connectivity index (χ0v) is 9.28. The summed E-state index contributed by atoms with van der Waals surface area (Å²) in [6, 6.07) is 0. The maximum absolute atomic E-state index is 3.90. The third-order valence-corrected chi connectivity index (χ3v) is 2.24. The molecule has 0 aromatic carbocycles. The van der Waals surface area contributed by atoms with E-state index in [1.165, 1.54) is 12.0 Å². The van der Waals surface area contributed by atoms with Crippen molar-refractivity contribution in [2.75, 3.05) is 13.6 Å². The fourth-order valence-corrected chi connectivity index (χ4v) is 0.953. The van der Waals surface area contributed by atoms with Crippen molar-refractivity contribution < 1.29 is 0 Å². The Kier molecular flexibility index (Phi) is 4.54. The largest absolute Gasteiger partial charge is 0.302 e. The predicted octanol–water partition coefficient (Wildman–Crippen LogP) is 3.07. The lowest BCUT2D eigenvalue weighted by Crippen LogP contribution is -2.38. The Bertz CT molecular complexity index is 142. The van der Waals surface area contributed by atoms with Crippen molar-refractivity contribution in [3.63, 3.8) is 0 Å². The normalized spacial score (nSPS) is 12.2. The summed E-state index contributed by atoms with van der Waals surface area (Å²) in [5.41, 5.74) is 1.59. The zero-order valence-electron chi connectivity index (χ0n) is 9.28. The van der Waals surface area contributed by atoms with Gasteiger partial charge in [0.05, 0.1) is 0 Å². The average molecular weight is 169 g/mol. The molecule has 0 aliphatic heterocycles. The quantitative estimate of drug-likeness (QED) is 0.585. The highest BCUT2D eigenvalue weighted by Crippen LogP contribution is 2.12. The van der Waals surface area contributed by atoms with Gasteiger partial charge in [0, 0.05) is 5.54 Å². The van der Waals surface area contributed by atoms with Crippen molar-refractivity contribution in [1.82, 2.24) is 4.90 Å². The van der Waals surface area contributed by atoms with Gasteiger partial charge in [0.1, 0.15) is 0 Å². The van der Waals surface area contributed by atoms with E-state index in [2.05, 4.69) is 46.2 Å². The molecule has 1 heteroatoms. The van der Waals surface area contributed by atoms with Gasteiger partial charge in [-0.2, -0.15) is 0 Å². The Morgan fingerprint density at radius 1 is 1.33 bits per heavy atom. The first-order chi connectivity index (χ1) is 5.34. The van der Waals surface area contributed by atoms with Crippen molar-refractivity contribution in [3.05, 3.63) is 12.2 Å². The molecule has 0 amide bonds. The van der Waals surface area contributed by atoms with E-state index >= 15 is 0 Å². The fourth-order valence-electron chi connectivity index (χ4n) is 0.953. The lowest BCUT2D eigenvalue weighted by molar-refractivity contribution is 0.174. The fraction of sp³-hybridized carbons (Fsp3) is 0.818. The van der Waals surface area contributed by atoms with Gasteiger partial charge >= 0.3 is 0 Å². The van der Waals surface area contributed by atoms with Crippen LogP contribution in [0.5, 0.6) is 0 Å². The molecule has 0 aromatic rings. The number of nitrogens with zero attached hydrogens (tertiary/aromatic N) is 1. The van der Waals surface area contributed by atoms with E-state index < -0.39 is 0 Å². The molecule has 0 atom stereocenters. The summed E-state index contributed by atoms with van der Waals surface area (Å²) in [5.74, 6) is 0. The van der Waals surface area contributed by atoms with E-state index in [1.807, 2.05) is 0 Å². The smallest absolute Gasteiger partial charge is 0.0122 e. The van der Waals surface area contributed by atoms with E-state index in [0.29, 0.717) is 5.54 Å². The standard InChI is InChI=1S/C11H23N/c1-10(2)8-7-9-12(6)11(3,4)5/h1,7-9H2,2-6H3. The second kappa shape index (κ2) is 4.66. The number of allylic oxidation sites excluding steroid dienone is 1. The molecule has 0 rings (SSSR count). The molecule has 0 saturated heterocycles. The Morgan fingerprint density at radius 2 is 1.83 bits per heavy atom. The third kappa shape index (κ3) is 5.36. The summed E-state index contributed by atoms with van der Waals surface area (Å²) in [6.07, 6.45) is 2.38. The van der Waals surface area contributed by atoms with E-state index in [0.717, 1.165) is 13.0 Å². The van der Waals surface area contributed by atoms with Crippen LogP contribution in [-0.4, -0.2) is 24.0 Å². The summed E-state index contributed by atoms with van der Waals surface area (Å²) in [5, 5.41) is 0. The predicted molar refractivity (Wildman–Crippen MR) is 56.4 cm³/mol. The van der Waals surface area contributed by atoms with Crippen molar-refractivity contribution in [1.29, 1.82) is 0 Å². The van der Waals surface area contributed by atoms with Crippen molar-refractivity contribution in [2.45, 2.75) is 46.1 Å². The molecular weight excluding hydrogens is 146 g/mol. The van der Waals surface area contributed by atoms with Crippen LogP contribution < -0.4 is 0 Å². The van der Waals surface area contributed by atoms with Gasteiger partial charge in [0.2, 0.25) is 0 Å². The van der Waals surface area contributed by atoms with Crippen molar-refractivity contribution in [3.8, 4) is 0 Å². The van der Waals surface area contributed by atoms with Crippen LogP contribution in [-0.2, 0) is 0 Å². The average Bonchev–Trinajstić information content (AvgIpc) is 1.84. The van der Waals surface area contributed by atoms with Crippen LogP contribution in [0.3, 0.4) is 0 Å². The van der Waals surface area contributed by atoms with E-state index in [1.54, 1.807) is 0 Å². The molecule has 0 aliphatic rings. The van der Waals surface area contributed by atoms with E-state index in [9.17, 15) is 0 Å². The lowest BCUT2D eigenvalue weighted by Gasteiger charge is -2.31. The van der Waals surface area contributed by atoms with Crippen LogP contribution in [0.1, 0.15) is 40.5 Å². The first-order valence-corrected chi connectivity index (χ1v) is 4.69. The molecule has 12 heavy (non-hydrogen) atoms. The van der Waals surface area contributed by atoms with Crippen LogP contribution in [0.4, 0.5) is 0 Å². The van der Waals surface area contributed by atoms with Crippen LogP contribution in [0.25, 0.3) is 0 Å². The van der Waals surface area contributed by atoms with E-state index in [4.69, 9.17) is 0 Å². The monoisotopic (exact) mass is 169 g/mol. The number of rotatable bonds is 4. The lowest BCUT2D eigenvalue weighted by atomic mass is 10.1. The van der Waals surface area contributed by atoms with Crippen LogP contribution in [0.15, 0.2) is 12.2 Å². The van der Waals surface area contributed by atoms with Gasteiger partial charge in [0.15, 0.2) is 0 Å². The minimum Gasteiger partial charge on any atom is -0.302 e. The molecule has 0 aromatic heterocycles. The summed E-state index contributed by atoms with van der Waals surface area (Å²) in [6.45, 7) is 13.9. The van der Waals surface area contributed by atoms with Gasteiger partial charge in [-0.05, 0) is 54.1 Å². The highest BCUT2D eigenvalue weighted by Gasteiger charge is 2.15. The van der Waals surface area contributed by atoms with Gasteiger partial charge in [-0.1, -0.05) is 5.57 Å². The minimum atomic E-state index is 0.301. The van der Waals surface area contributed by atoms with Crippen LogP contribution in [0.2, 0.25) is 0 Å². The van der Waals surface area contributed by atoms with Gasteiger partial charge in [-0.3, -0.25) is 0 Å². The third-order valence-electron chi connectivity index (χ3n) is 2.24. The second-order valence-corrected chi connectivity index (χ2v) is 4.65. The molecule has 0 bridgehead atoms. The van der Waals surface area contributed by atoms with Gasteiger partial charge in [0.25, 0.3) is 0 Å². The Balaban J connectivity index is 3.58. The molecule has 0 N–H and O–H groups in total. The molecule has 0 saturated carbocycles. The van der Waals surface area contributed by atoms with Gasteiger partial charge in [-0.15, -0.1) is 6.58 Å². The van der Waals surface area contributed by atoms with Gasteiger partial charge < -0.3 is 4.90 Å². The minimum absolute atomic E-state index is 0.301. The Hall–Kier alpha value is -0.300. The summed E-state index contributed by atoms with van der Waals surface area (Å²) in [4.78, 5) is 2.38. The molecule has 72 valence electrons. The topological polar surface area (TPSA) is 3.24 Å². The molecule has 0 spiro atoms. The number of hydrogen-bond donors (Lipinski definition) is 0. The van der Waals surface area contributed by atoms with E-state index in [-0.39, 0.29) is 0 Å². The Morgan fingerprint density at radius 3 is 2.17 bits per heavy atom. The Labute approximate surface area is 77.5 Å². The summed E-state index contributed by atoms with van der Waals surface area (Å²) < 4.78 is 0. The van der Waals surface area contributed by atoms with Crippen molar-refractivity contribution >= 4 is 0 Å². The van der Waals surface area contributed by atoms with Crippen LogP contribution in [0, 0.1) is 0 Å². The highest BCUT2D eigenvalue weighted by molar-refractivity contribution is 4.87. The molecule has 0 fully saturated rings. The first kappa shape index (κ1) is 11.7. The van der Waals surface area contributed by atoms with Crippen LogP contribution >= 0.6 is 0 Å². The maximum atomic E-state index is 3.90. The summed E-state index contributed by atoms with van der Waals surface area (Å²) in [7, 11) is 2.18. The highest BCUT2D eigenvalue weighted by atomic mass is 15.1. The zero-order chi connectivity index (χ0) is 9.78. The molecular formula is C11H23N. The molecule has 0 unspecified atom stereocenters. The maximum Gasteiger partial charge on any atom is 0.0122 e. The molecule has 0 radical (unpaired) electrons. The number of hydrogen-bond acceptors (Lipinski definition) is 1. The second-order valence-electron chi connectivity index (χ2n) is 4.65. The van der Waals surface area contributed by atoms with Crippen molar-refractivity contribution in [2.24, 2.45) is 0 Å². The first-order valence-electron chi connectivity index (χ1n) is 4.69. The molecule has 0 aliphatic carbocycles.